The number of hydrogen-bond acceptors (Lipinski definition) is 2. The molecule has 1 heterocycles. The maximum atomic E-state index is 12.6. The van der Waals surface area contributed by atoms with E-state index >= 15 is 0 Å². The van der Waals surface area contributed by atoms with Gasteiger partial charge in [-0.05, 0) is 43.8 Å². The molecule has 0 saturated carbocycles. The summed E-state index contributed by atoms with van der Waals surface area (Å²) in [5, 5.41) is 3.44. The minimum absolute atomic E-state index is 0.0972. The largest absolute Gasteiger partial charge is 0.391 e. The first-order valence-electron chi connectivity index (χ1n) is 7.60. The van der Waals surface area contributed by atoms with Crippen LogP contribution in [0, 0.1) is 17.3 Å². The van der Waals surface area contributed by atoms with Gasteiger partial charge < -0.3 is 10.2 Å². The van der Waals surface area contributed by atoms with Crippen molar-refractivity contribution in [1.29, 1.82) is 0 Å². The minimum atomic E-state index is -4.01. The summed E-state index contributed by atoms with van der Waals surface area (Å²) in [5.41, 5.74) is 0.0972. The summed E-state index contributed by atoms with van der Waals surface area (Å²) in [6.45, 7) is 12.6. The fourth-order valence-electron chi connectivity index (χ4n) is 2.78. The molecule has 5 heteroatoms. The molecule has 0 amide bonds. The third kappa shape index (κ3) is 6.44. The van der Waals surface area contributed by atoms with Gasteiger partial charge in [0, 0.05) is 13.1 Å². The number of halogens is 3. The molecule has 0 spiro atoms. The van der Waals surface area contributed by atoms with Crippen molar-refractivity contribution in [1.82, 2.24) is 10.2 Å². The average Bonchev–Trinajstić information content (AvgIpc) is 2.26. The Morgan fingerprint density at radius 3 is 2.15 bits per heavy atom. The third-order valence-electron chi connectivity index (χ3n) is 3.86. The first-order valence-corrected chi connectivity index (χ1v) is 7.60. The Morgan fingerprint density at radius 1 is 1.15 bits per heavy atom. The summed E-state index contributed by atoms with van der Waals surface area (Å²) >= 11 is 0. The molecule has 0 radical (unpaired) electrons. The molecule has 1 N–H and O–H groups in total. The van der Waals surface area contributed by atoms with E-state index in [2.05, 4.69) is 37.9 Å². The smallest absolute Gasteiger partial charge is 0.316 e. The topological polar surface area (TPSA) is 15.3 Å². The fraction of sp³-hybridized carbons (Fsp3) is 1.00. The van der Waals surface area contributed by atoms with Gasteiger partial charge in [0.25, 0.3) is 0 Å². The van der Waals surface area contributed by atoms with Crippen molar-refractivity contribution in [2.75, 3.05) is 32.7 Å². The van der Waals surface area contributed by atoms with E-state index in [0.29, 0.717) is 19.0 Å². The van der Waals surface area contributed by atoms with Crippen LogP contribution in [0.2, 0.25) is 0 Å². The molecule has 1 fully saturated rings. The van der Waals surface area contributed by atoms with E-state index in [1.807, 2.05) is 0 Å². The molecule has 0 aromatic carbocycles. The first kappa shape index (κ1) is 17.8. The molecule has 0 aliphatic carbocycles. The minimum Gasteiger partial charge on any atom is -0.316 e. The number of nitrogens with one attached hydrogen (secondary N) is 1. The first-order chi connectivity index (χ1) is 9.10. The number of piperidine rings is 1. The van der Waals surface area contributed by atoms with Crippen LogP contribution in [-0.2, 0) is 0 Å². The third-order valence-corrected chi connectivity index (χ3v) is 3.86. The maximum Gasteiger partial charge on any atom is 0.391 e. The summed E-state index contributed by atoms with van der Waals surface area (Å²) < 4.78 is 37.9. The maximum absolute atomic E-state index is 12.6. The molecule has 20 heavy (non-hydrogen) atoms. The fourth-order valence-corrected chi connectivity index (χ4v) is 2.78. The van der Waals surface area contributed by atoms with Gasteiger partial charge in [-0.1, -0.05) is 27.7 Å². The molecule has 1 rings (SSSR count). The van der Waals surface area contributed by atoms with E-state index < -0.39 is 12.1 Å². The lowest BCUT2D eigenvalue weighted by atomic mass is 9.89. The monoisotopic (exact) mass is 294 g/mol. The van der Waals surface area contributed by atoms with Crippen LogP contribution in [0.1, 0.15) is 40.5 Å². The van der Waals surface area contributed by atoms with Crippen molar-refractivity contribution in [2.24, 2.45) is 17.3 Å². The van der Waals surface area contributed by atoms with Crippen LogP contribution in [0.5, 0.6) is 0 Å². The van der Waals surface area contributed by atoms with E-state index in [1.54, 1.807) is 0 Å². The molecule has 1 aliphatic heterocycles. The van der Waals surface area contributed by atoms with E-state index in [1.165, 1.54) is 0 Å². The number of hydrogen-bond donors (Lipinski definition) is 1. The Morgan fingerprint density at radius 2 is 1.70 bits per heavy atom. The van der Waals surface area contributed by atoms with Crippen LogP contribution in [-0.4, -0.2) is 43.8 Å². The zero-order chi connectivity index (χ0) is 15.4. The summed E-state index contributed by atoms with van der Waals surface area (Å²) in [6, 6.07) is 0. The normalized spacial score (nSPS) is 19.8. The molecule has 0 aromatic rings. The Bertz CT molecular complexity index is 279. The molecule has 0 bridgehead atoms. The lowest BCUT2D eigenvalue weighted by molar-refractivity contribution is -0.185. The van der Waals surface area contributed by atoms with E-state index in [0.717, 1.165) is 19.6 Å². The molecule has 1 aliphatic rings. The Balaban J connectivity index is 2.31. The van der Waals surface area contributed by atoms with Gasteiger partial charge in [-0.2, -0.15) is 13.2 Å². The van der Waals surface area contributed by atoms with Gasteiger partial charge in [-0.25, -0.2) is 0 Å². The molecule has 0 aromatic heterocycles. The van der Waals surface area contributed by atoms with E-state index in [4.69, 9.17) is 0 Å². The van der Waals surface area contributed by atoms with E-state index in [9.17, 15) is 13.2 Å². The Labute approximate surface area is 121 Å². The van der Waals surface area contributed by atoms with Gasteiger partial charge in [-0.3, -0.25) is 0 Å². The lowest BCUT2D eigenvalue weighted by Crippen LogP contribution is -2.45. The van der Waals surface area contributed by atoms with Gasteiger partial charge >= 0.3 is 6.18 Å². The summed E-state index contributed by atoms with van der Waals surface area (Å²) in [7, 11) is 0. The zero-order valence-corrected chi connectivity index (χ0v) is 13.2. The standard InChI is InChI=1S/C15H29F3N2/c1-12(2)9-19-10-14(3,4)11-20-7-5-13(6-8-20)15(16,17)18/h12-13,19H,5-11H2,1-4H3. The molecule has 120 valence electrons. The van der Waals surface area contributed by atoms with Gasteiger partial charge in [0.2, 0.25) is 0 Å². The lowest BCUT2D eigenvalue weighted by Gasteiger charge is -2.38. The van der Waals surface area contributed by atoms with Gasteiger partial charge in [0.05, 0.1) is 5.92 Å². The molecule has 0 unspecified atom stereocenters. The van der Waals surface area contributed by atoms with Crippen LogP contribution in [0.15, 0.2) is 0 Å². The second-order valence-corrected chi connectivity index (χ2v) is 7.28. The van der Waals surface area contributed by atoms with Crippen LogP contribution in [0.25, 0.3) is 0 Å². The highest BCUT2D eigenvalue weighted by Gasteiger charge is 2.41. The molecule has 2 nitrogen and oxygen atoms in total. The zero-order valence-electron chi connectivity index (χ0n) is 13.2. The van der Waals surface area contributed by atoms with Gasteiger partial charge in [-0.15, -0.1) is 0 Å². The van der Waals surface area contributed by atoms with Crippen molar-refractivity contribution < 1.29 is 13.2 Å². The van der Waals surface area contributed by atoms with Gasteiger partial charge in [0.1, 0.15) is 0 Å². The number of alkyl halides is 3. The van der Waals surface area contributed by atoms with Crippen molar-refractivity contribution in [3.05, 3.63) is 0 Å². The van der Waals surface area contributed by atoms with Crippen molar-refractivity contribution in [2.45, 2.75) is 46.7 Å². The van der Waals surface area contributed by atoms with Crippen LogP contribution in [0.4, 0.5) is 13.2 Å². The predicted octanol–water partition coefficient (Wildman–Crippen LogP) is 3.53. The Hall–Kier alpha value is -0.290. The second-order valence-electron chi connectivity index (χ2n) is 7.28. The average molecular weight is 294 g/mol. The van der Waals surface area contributed by atoms with Crippen molar-refractivity contribution in [3.63, 3.8) is 0 Å². The number of nitrogens with zero attached hydrogens (tertiary/aromatic N) is 1. The number of likely N-dealkylation sites (tertiary alicyclic amines) is 1. The summed E-state index contributed by atoms with van der Waals surface area (Å²) in [5.74, 6) is -0.478. The molecule has 1 saturated heterocycles. The quantitative estimate of drug-likeness (QED) is 0.806. The molecular weight excluding hydrogens is 265 g/mol. The van der Waals surface area contributed by atoms with Crippen LogP contribution < -0.4 is 5.32 Å². The van der Waals surface area contributed by atoms with Crippen molar-refractivity contribution >= 4 is 0 Å². The number of rotatable bonds is 6. The summed E-state index contributed by atoms with van der Waals surface area (Å²) in [6.07, 6.45) is -3.52. The van der Waals surface area contributed by atoms with Crippen molar-refractivity contribution in [3.8, 4) is 0 Å². The van der Waals surface area contributed by atoms with Crippen LogP contribution >= 0.6 is 0 Å². The molecule has 0 atom stereocenters. The SMILES string of the molecule is CC(C)CNCC(C)(C)CN1CCC(C(F)(F)F)CC1. The highest BCUT2D eigenvalue weighted by molar-refractivity contribution is 4.82. The van der Waals surface area contributed by atoms with Crippen LogP contribution in [0.3, 0.4) is 0 Å². The Kier molecular flexibility index (Phi) is 6.32. The van der Waals surface area contributed by atoms with Gasteiger partial charge in [0.15, 0.2) is 0 Å². The molecular formula is C15H29F3N2. The second kappa shape index (κ2) is 7.12. The predicted molar refractivity (Wildman–Crippen MR) is 76.7 cm³/mol. The highest BCUT2D eigenvalue weighted by Crippen LogP contribution is 2.34. The van der Waals surface area contributed by atoms with E-state index in [-0.39, 0.29) is 18.3 Å². The highest BCUT2D eigenvalue weighted by atomic mass is 19.4. The summed E-state index contributed by atoms with van der Waals surface area (Å²) in [4.78, 5) is 2.18.